The summed E-state index contributed by atoms with van der Waals surface area (Å²) in [7, 11) is 0. The third kappa shape index (κ3) is 3.62. The van der Waals surface area contributed by atoms with Crippen LogP contribution in [0.3, 0.4) is 0 Å². The topological polar surface area (TPSA) is 38.3 Å². The lowest BCUT2D eigenvalue weighted by Gasteiger charge is -2.12. The van der Waals surface area contributed by atoms with Gasteiger partial charge in [0.1, 0.15) is 5.75 Å². The van der Waals surface area contributed by atoms with Gasteiger partial charge in [0.15, 0.2) is 6.61 Å². The molecule has 130 valence electrons. The number of carbonyl (C=O) groups excluding carboxylic acids is 1. The lowest BCUT2D eigenvalue weighted by Crippen LogP contribution is -2.20. The Labute approximate surface area is 153 Å². The molecule has 0 aromatic heterocycles. The molecule has 3 aromatic carbocycles. The second-order valence-electron chi connectivity index (χ2n) is 6.54. The van der Waals surface area contributed by atoms with Crippen LogP contribution in [0.5, 0.6) is 5.75 Å². The molecule has 0 radical (unpaired) electrons. The molecule has 3 heteroatoms. The minimum absolute atomic E-state index is 0.0130. The van der Waals surface area contributed by atoms with Crippen molar-refractivity contribution in [3.63, 3.8) is 0 Å². The van der Waals surface area contributed by atoms with Crippen LogP contribution >= 0.6 is 0 Å². The molecule has 0 heterocycles. The van der Waals surface area contributed by atoms with Gasteiger partial charge in [-0.05, 0) is 54.2 Å². The second-order valence-corrected chi connectivity index (χ2v) is 6.54. The molecule has 1 N–H and O–H groups in total. The first-order valence-corrected chi connectivity index (χ1v) is 8.98. The quantitative estimate of drug-likeness (QED) is 0.718. The number of ether oxygens (including phenoxy) is 1. The van der Waals surface area contributed by atoms with Crippen molar-refractivity contribution in [3.05, 3.63) is 83.9 Å². The molecular weight excluding hydrogens is 322 g/mol. The molecule has 1 aliphatic rings. The molecule has 0 spiro atoms. The molecule has 26 heavy (non-hydrogen) atoms. The molecule has 0 bridgehead atoms. The van der Waals surface area contributed by atoms with Crippen molar-refractivity contribution in [2.45, 2.75) is 19.3 Å². The first-order chi connectivity index (χ1) is 12.8. The van der Waals surface area contributed by atoms with Crippen LogP contribution in [0.15, 0.2) is 72.8 Å². The van der Waals surface area contributed by atoms with Gasteiger partial charge in [-0.2, -0.15) is 0 Å². The Morgan fingerprint density at radius 2 is 1.65 bits per heavy atom. The first kappa shape index (κ1) is 16.4. The van der Waals surface area contributed by atoms with E-state index in [1.165, 1.54) is 17.5 Å². The maximum atomic E-state index is 12.3. The number of fused-ring (bicyclic) bond motifs is 1. The number of hydrogen-bond donors (Lipinski definition) is 1. The normalized spacial score (nSPS) is 12.5. The van der Waals surface area contributed by atoms with Gasteiger partial charge < -0.3 is 10.1 Å². The van der Waals surface area contributed by atoms with Gasteiger partial charge in [-0.1, -0.05) is 54.6 Å². The monoisotopic (exact) mass is 343 g/mol. The summed E-state index contributed by atoms with van der Waals surface area (Å²) in [5, 5.41) is 2.94. The van der Waals surface area contributed by atoms with E-state index in [4.69, 9.17) is 4.74 Å². The number of benzene rings is 3. The predicted molar refractivity (Wildman–Crippen MR) is 104 cm³/mol. The average Bonchev–Trinajstić information content (AvgIpc) is 3.15. The Morgan fingerprint density at radius 3 is 2.54 bits per heavy atom. The zero-order chi connectivity index (χ0) is 17.8. The molecule has 0 atom stereocenters. The summed E-state index contributed by atoms with van der Waals surface area (Å²) in [5.41, 5.74) is 5.64. The van der Waals surface area contributed by atoms with Gasteiger partial charge in [-0.25, -0.2) is 0 Å². The van der Waals surface area contributed by atoms with Crippen LogP contribution in [0.25, 0.3) is 11.1 Å². The fourth-order valence-corrected chi connectivity index (χ4v) is 3.44. The molecule has 3 nitrogen and oxygen atoms in total. The van der Waals surface area contributed by atoms with Crippen LogP contribution in [0.2, 0.25) is 0 Å². The van der Waals surface area contributed by atoms with Crippen LogP contribution < -0.4 is 10.1 Å². The number of anilines is 1. The van der Waals surface area contributed by atoms with Crippen molar-refractivity contribution in [2.24, 2.45) is 0 Å². The van der Waals surface area contributed by atoms with Gasteiger partial charge in [0.25, 0.3) is 5.91 Å². The molecular formula is C23H21NO2. The molecule has 0 unspecified atom stereocenters. The van der Waals surface area contributed by atoms with E-state index in [2.05, 4.69) is 17.4 Å². The maximum Gasteiger partial charge on any atom is 0.262 e. The first-order valence-electron chi connectivity index (χ1n) is 8.98. The molecule has 3 aromatic rings. The van der Waals surface area contributed by atoms with Crippen molar-refractivity contribution in [2.75, 3.05) is 11.9 Å². The van der Waals surface area contributed by atoms with Crippen molar-refractivity contribution in [3.8, 4) is 16.9 Å². The molecule has 0 fully saturated rings. The van der Waals surface area contributed by atoms with Crippen LogP contribution in [0.4, 0.5) is 5.69 Å². The van der Waals surface area contributed by atoms with Crippen molar-refractivity contribution in [1.29, 1.82) is 0 Å². The zero-order valence-corrected chi connectivity index (χ0v) is 14.6. The van der Waals surface area contributed by atoms with E-state index < -0.39 is 0 Å². The lowest BCUT2D eigenvalue weighted by molar-refractivity contribution is -0.118. The summed E-state index contributed by atoms with van der Waals surface area (Å²) >= 11 is 0. The maximum absolute atomic E-state index is 12.3. The summed E-state index contributed by atoms with van der Waals surface area (Å²) in [6, 6.07) is 24.0. The SMILES string of the molecule is O=C(COc1ccccc1-c1ccccc1)Nc1ccc2c(c1)CCC2. The molecule has 4 rings (SSSR count). The Hall–Kier alpha value is -3.07. The van der Waals surface area contributed by atoms with Crippen LogP contribution in [-0.2, 0) is 17.6 Å². The highest BCUT2D eigenvalue weighted by Crippen LogP contribution is 2.29. The van der Waals surface area contributed by atoms with E-state index in [1.54, 1.807) is 0 Å². The minimum atomic E-state index is -0.147. The molecule has 0 aliphatic heterocycles. The van der Waals surface area contributed by atoms with E-state index in [0.717, 1.165) is 29.7 Å². The Bertz CT molecular complexity index is 919. The van der Waals surface area contributed by atoms with Crippen LogP contribution in [0, 0.1) is 0 Å². The van der Waals surface area contributed by atoms with E-state index in [1.807, 2.05) is 60.7 Å². The highest BCUT2D eigenvalue weighted by atomic mass is 16.5. The summed E-state index contributed by atoms with van der Waals surface area (Å²) in [6.45, 7) is -0.0130. The minimum Gasteiger partial charge on any atom is -0.483 e. The van der Waals surface area contributed by atoms with Gasteiger partial charge in [0.05, 0.1) is 0 Å². The third-order valence-corrected chi connectivity index (χ3v) is 4.71. The Kier molecular flexibility index (Phi) is 4.69. The van der Waals surface area contributed by atoms with Crippen molar-refractivity contribution >= 4 is 11.6 Å². The third-order valence-electron chi connectivity index (χ3n) is 4.71. The van der Waals surface area contributed by atoms with E-state index >= 15 is 0 Å². The molecule has 0 saturated carbocycles. The van der Waals surface area contributed by atoms with Crippen molar-refractivity contribution in [1.82, 2.24) is 0 Å². The smallest absolute Gasteiger partial charge is 0.262 e. The summed E-state index contributed by atoms with van der Waals surface area (Å²) in [4.78, 5) is 12.3. The summed E-state index contributed by atoms with van der Waals surface area (Å²) < 4.78 is 5.81. The van der Waals surface area contributed by atoms with Gasteiger partial charge in [0, 0.05) is 11.3 Å². The van der Waals surface area contributed by atoms with Crippen molar-refractivity contribution < 1.29 is 9.53 Å². The second kappa shape index (κ2) is 7.44. The van der Waals surface area contributed by atoms with Gasteiger partial charge in [0.2, 0.25) is 0 Å². The number of para-hydroxylation sites is 1. The zero-order valence-electron chi connectivity index (χ0n) is 14.6. The summed E-state index contributed by atoms with van der Waals surface area (Å²) in [5.74, 6) is 0.564. The van der Waals surface area contributed by atoms with Crippen LogP contribution in [0.1, 0.15) is 17.5 Å². The van der Waals surface area contributed by atoms with Gasteiger partial charge in [-0.15, -0.1) is 0 Å². The predicted octanol–water partition coefficient (Wildman–Crippen LogP) is 4.86. The number of rotatable bonds is 5. The number of aryl methyl sites for hydroxylation is 2. The van der Waals surface area contributed by atoms with E-state index in [0.29, 0.717) is 5.75 Å². The van der Waals surface area contributed by atoms with Crippen LogP contribution in [-0.4, -0.2) is 12.5 Å². The Balaban J connectivity index is 1.42. The number of amides is 1. The fraction of sp³-hybridized carbons (Fsp3) is 0.174. The molecule has 1 aliphatic carbocycles. The average molecular weight is 343 g/mol. The Morgan fingerprint density at radius 1 is 0.885 bits per heavy atom. The number of nitrogens with one attached hydrogen (secondary N) is 1. The van der Waals surface area contributed by atoms with Gasteiger partial charge in [-0.3, -0.25) is 4.79 Å². The largest absolute Gasteiger partial charge is 0.483 e. The summed E-state index contributed by atoms with van der Waals surface area (Å²) in [6.07, 6.45) is 3.44. The molecule has 0 saturated heterocycles. The molecule has 1 amide bonds. The van der Waals surface area contributed by atoms with E-state index in [9.17, 15) is 4.79 Å². The number of hydrogen-bond acceptors (Lipinski definition) is 2. The standard InChI is InChI=1S/C23H21NO2/c25-23(24-20-14-13-17-9-6-10-19(17)15-20)16-26-22-12-5-4-11-21(22)18-7-2-1-3-8-18/h1-5,7-8,11-15H,6,9-10,16H2,(H,24,25). The lowest BCUT2D eigenvalue weighted by atomic mass is 10.1. The highest BCUT2D eigenvalue weighted by Gasteiger charge is 2.12. The number of carbonyl (C=O) groups is 1. The fourth-order valence-electron chi connectivity index (χ4n) is 3.44. The van der Waals surface area contributed by atoms with E-state index in [-0.39, 0.29) is 12.5 Å². The highest BCUT2D eigenvalue weighted by molar-refractivity contribution is 5.92. The van der Waals surface area contributed by atoms with Gasteiger partial charge >= 0.3 is 0 Å².